The quantitative estimate of drug-likeness (QED) is 0.782. The molecule has 0 radical (unpaired) electrons. The van der Waals surface area contributed by atoms with E-state index >= 15 is 0 Å². The molecule has 2 aliphatic heterocycles. The standard InChI is InChI=1S/C19H29N5O2/c1-21(2)11-12-23-14-13-22(10-6-18(23)25)17-15-16(5-7-20-17)19(26)24-8-3-4-9-24/h5,7,15H,3-4,6,8-14H2,1-2H3. The van der Waals surface area contributed by atoms with E-state index in [4.69, 9.17) is 0 Å². The Bertz CT molecular complexity index is 643. The molecule has 2 aliphatic rings. The minimum Gasteiger partial charge on any atom is -0.354 e. The van der Waals surface area contributed by atoms with Gasteiger partial charge in [-0.1, -0.05) is 0 Å². The minimum absolute atomic E-state index is 0.0876. The zero-order valence-corrected chi connectivity index (χ0v) is 15.9. The third-order valence-electron chi connectivity index (χ3n) is 5.11. The minimum atomic E-state index is 0.0876. The van der Waals surface area contributed by atoms with Crippen LogP contribution in [-0.4, -0.2) is 91.4 Å². The molecule has 0 spiro atoms. The molecule has 7 heteroatoms. The molecule has 2 fully saturated rings. The summed E-state index contributed by atoms with van der Waals surface area (Å²) in [6, 6.07) is 3.66. The predicted molar refractivity (Wildman–Crippen MR) is 101 cm³/mol. The number of pyridine rings is 1. The summed E-state index contributed by atoms with van der Waals surface area (Å²) in [7, 11) is 4.03. The molecule has 0 aromatic carbocycles. The zero-order chi connectivity index (χ0) is 18.5. The molecule has 0 N–H and O–H groups in total. The van der Waals surface area contributed by atoms with Crippen molar-refractivity contribution in [1.29, 1.82) is 0 Å². The Morgan fingerprint density at radius 1 is 1.15 bits per heavy atom. The lowest BCUT2D eigenvalue weighted by atomic mass is 10.2. The Morgan fingerprint density at radius 3 is 2.65 bits per heavy atom. The second-order valence-electron chi connectivity index (χ2n) is 7.32. The largest absolute Gasteiger partial charge is 0.354 e. The number of aromatic nitrogens is 1. The van der Waals surface area contributed by atoms with Gasteiger partial charge in [0.2, 0.25) is 5.91 Å². The van der Waals surface area contributed by atoms with Crippen LogP contribution in [0.2, 0.25) is 0 Å². The fourth-order valence-corrected chi connectivity index (χ4v) is 3.48. The molecule has 142 valence electrons. The lowest BCUT2D eigenvalue weighted by molar-refractivity contribution is -0.130. The number of carbonyl (C=O) groups excluding carboxylic acids is 2. The van der Waals surface area contributed by atoms with E-state index in [1.807, 2.05) is 30.0 Å². The smallest absolute Gasteiger partial charge is 0.254 e. The molecule has 0 atom stereocenters. The van der Waals surface area contributed by atoms with Gasteiger partial charge in [-0.3, -0.25) is 9.59 Å². The average Bonchev–Trinajstić information content (AvgIpc) is 3.11. The SMILES string of the molecule is CN(C)CCN1CCN(c2cc(C(=O)N3CCCC3)ccn2)CCC1=O. The number of likely N-dealkylation sites (N-methyl/N-ethyl adjacent to an activating group) is 1. The Labute approximate surface area is 155 Å². The molecule has 1 aromatic heterocycles. The van der Waals surface area contributed by atoms with Gasteiger partial charge in [0.05, 0.1) is 0 Å². The van der Waals surface area contributed by atoms with Gasteiger partial charge in [0.25, 0.3) is 5.91 Å². The first-order valence-electron chi connectivity index (χ1n) is 9.47. The summed E-state index contributed by atoms with van der Waals surface area (Å²) >= 11 is 0. The van der Waals surface area contributed by atoms with Crippen LogP contribution in [0.4, 0.5) is 5.82 Å². The lowest BCUT2D eigenvalue weighted by Crippen LogP contribution is -2.38. The van der Waals surface area contributed by atoms with Crippen LogP contribution >= 0.6 is 0 Å². The molecular weight excluding hydrogens is 330 g/mol. The van der Waals surface area contributed by atoms with Crippen molar-refractivity contribution in [1.82, 2.24) is 19.7 Å². The number of likely N-dealkylation sites (tertiary alicyclic amines) is 1. The fraction of sp³-hybridized carbons (Fsp3) is 0.632. The van der Waals surface area contributed by atoms with Crippen molar-refractivity contribution in [3.63, 3.8) is 0 Å². The van der Waals surface area contributed by atoms with Crippen LogP contribution in [0.5, 0.6) is 0 Å². The third-order valence-corrected chi connectivity index (χ3v) is 5.11. The van der Waals surface area contributed by atoms with E-state index in [0.717, 1.165) is 51.4 Å². The predicted octanol–water partition coefficient (Wildman–Crippen LogP) is 0.918. The molecule has 7 nitrogen and oxygen atoms in total. The monoisotopic (exact) mass is 359 g/mol. The highest BCUT2D eigenvalue weighted by Crippen LogP contribution is 2.18. The maximum absolute atomic E-state index is 12.6. The maximum atomic E-state index is 12.6. The van der Waals surface area contributed by atoms with Crippen molar-refractivity contribution in [2.45, 2.75) is 19.3 Å². The van der Waals surface area contributed by atoms with Gasteiger partial charge in [-0.15, -0.1) is 0 Å². The summed E-state index contributed by atoms with van der Waals surface area (Å²) in [5.41, 5.74) is 0.692. The molecule has 2 saturated heterocycles. The first-order chi connectivity index (χ1) is 12.5. The summed E-state index contributed by atoms with van der Waals surface area (Å²) in [6.07, 6.45) is 4.36. The molecule has 0 aliphatic carbocycles. The first-order valence-corrected chi connectivity index (χ1v) is 9.47. The van der Waals surface area contributed by atoms with E-state index in [1.54, 1.807) is 12.3 Å². The van der Waals surface area contributed by atoms with Gasteiger partial charge in [0.15, 0.2) is 0 Å². The van der Waals surface area contributed by atoms with Crippen LogP contribution in [0.15, 0.2) is 18.3 Å². The molecule has 3 rings (SSSR count). The Morgan fingerprint density at radius 2 is 1.92 bits per heavy atom. The molecule has 26 heavy (non-hydrogen) atoms. The van der Waals surface area contributed by atoms with E-state index in [1.165, 1.54) is 0 Å². The number of hydrogen-bond donors (Lipinski definition) is 0. The highest BCUT2D eigenvalue weighted by molar-refractivity contribution is 5.95. The molecule has 1 aromatic rings. The highest BCUT2D eigenvalue weighted by Gasteiger charge is 2.23. The van der Waals surface area contributed by atoms with Crippen molar-refractivity contribution < 1.29 is 9.59 Å². The van der Waals surface area contributed by atoms with Crippen molar-refractivity contribution in [3.05, 3.63) is 23.9 Å². The van der Waals surface area contributed by atoms with Gasteiger partial charge in [0.1, 0.15) is 5.82 Å². The van der Waals surface area contributed by atoms with Crippen molar-refractivity contribution in [2.75, 3.05) is 64.8 Å². The summed E-state index contributed by atoms with van der Waals surface area (Å²) in [4.78, 5) is 37.5. The van der Waals surface area contributed by atoms with Crippen LogP contribution in [0.25, 0.3) is 0 Å². The Kier molecular flexibility index (Phi) is 6.08. The zero-order valence-electron chi connectivity index (χ0n) is 15.9. The number of anilines is 1. The van der Waals surface area contributed by atoms with E-state index in [2.05, 4.69) is 14.8 Å². The summed E-state index contributed by atoms with van der Waals surface area (Å²) < 4.78 is 0. The van der Waals surface area contributed by atoms with Crippen molar-refractivity contribution in [3.8, 4) is 0 Å². The second-order valence-corrected chi connectivity index (χ2v) is 7.32. The summed E-state index contributed by atoms with van der Waals surface area (Å²) in [5, 5.41) is 0. The summed E-state index contributed by atoms with van der Waals surface area (Å²) in [6.45, 7) is 5.38. The van der Waals surface area contributed by atoms with Gasteiger partial charge < -0.3 is 19.6 Å². The van der Waals surface area contributed by atoms with Crippen LogP contribution in [0, 0.1) is 0 Å². The number of nitrogens with zero attached hydrogens (tertiary/aromatic N) is 5. The van der Waals surface area contributed by atoms with Gasteiger partial charge in [-0.05, 0) is 39.1 Å². The van der Waals surface area contributed by atoms with Crippen LogP contribution < -0.4 is 4.90 Å². The molecule has 0 bridgehead atoms. The normalized spacial score (nSPS) is 18.6. The van der Waals surface area contributed by atoms with Crippen molar-refractivity contribution >= 4 is 17.6 Å². The Hall–Kier alpha value is -2.15. The second kappa shape index (κ2) is 8.49. The first kappa shape index (κ1) is 18.6. The molecule has 3 heterocycles. The number of hydrogen-bond acceptors (Lipinski definition) is 5. The maximum Gasteiger partial charge on any atom is 0.254 e. The van der Waals surface area contributed by atoms with Gasteiger partial charge in [-0.25, -0.2) is 4.98 Å². The van der Waals surface area contributed by atoms with Crippen LogP contribution in [0.3, 0.4) is 0 Å². The summed E-state index contributed by atoms with van der Waals surface area (Å²) in [5.74, 6) is 1.07. The lowest BCUT2D eigenvalue weighted by Gasteiger charge is -2.24. The van der Waals surface area contributed by atoms with Crippen molar-refractivity contribution in [2.24, 2.45) is 0 Å². The van der Waals surface area contributed by atoms with Gasteiger partial charge >= 0.3 is 0 Å². The average molecular weight is 359 g/mol. The number of rotatable bonds is 5. The topological polar surface area (TPSA) is 60.0 Å². The molecule has 0 unspecified atom stereocenters. The van der Waals surface area contributed by atoms with Crippen LogP contribution in [-0.2, 0) is 4.79 Å². The van der Waals surface area contributed by atoms with E-state index in [-0.39, 0.29) is 11.8 Å². The van der Waals surface area contributed by atoms with Crippen LogP contribution in [0.1, 0.15) is 29.6 Å². The van der Waals surface area contributed by atoms with Gasteiger partial charge in [-0.2, -0.15) is 0 Å². The molecule has 0 saturated carbocycles. The number of carbonyl (C=O) groups is 2. The molecule has 2 amide bonds. The van der Waals surface area contributed by atoms with E-state index in [9.17, 15) is 9.59 Å². The third kappa shape index (κ3) is 4.52. The number of amides is 2. The fourth-order valence-electron chi connectivity index (χ4n) is 3.48. The van der Waals surface area contributed by atoms with Gasteiger partial charge in [0, 0.05) is 64.0 Å². The Balaban J connectivity index is 1.66. The highest BCUT2D eigenvalue weighted by atomic mass is 16.2. The van der Waals surface area contributed by atoms with E-state index < -0.39 is 0 Å². The van der Waals surface area contributed by atoms with E-state index in [0.29, 0.717) is 25.1 Å². The molecular formula is C19H29N5O2.